The Morgan fingerprint density at radius 3 is 2.53 bits per heavy atom. The zero-order chi connectivity index (χ0) is 12.8. The van der Waals surface area contributed by atoms with Crippen molar-refractivity contribution in [2.45, 2.75) is 45.5 Å². The molecule has 0 saturated carbocycles. The van der Waals surface area contributed by atoms with Crippen LogP contribution < -0.4 is 5.73 Å². The monoisotopic (exact) mass is 244 g/mol. The number of ether oxygens (including phenoxy) is 2. The highest BCUT2D eigenvalue weighted by molar-refractivity contribution is 5.76. The smallest absolute Gasteiger partial charge is 0.225 e. The van der Waals surface area contributed by atoms with Gasteiger partial charge in [-0.25, -0.2) is 0 Å². The predicted molar refractivity (Wildman–Crippen MR) is 65.7 cm³/mol. The summed E-state index contributed by atoms with van der Waals surface area (Å²) in [6.45, 7) is 8.17. The van der Waals surface area contributed by atoms with Crippen LogP contribution in [0.4, 0.5) is 0 Å². The van der Waals surface area contributed by atoms with Crippen LogP contribution >= 0.6 is 0 Å². The quantitative estimate of drug-likeness (QED) is 0.759. The first-order chi connectivity index (χ1) is 8.06. The molecule has 0 bridgehead atoms. The van der Waals surface area contributed by atoms with E-state index >= 15 is 0 Å². The first-order valence-electron chi connectivity index (χ1n) is 6.31. The van der Waals surface area contributed by atoms with Gasteiger partial charge >= 0.3 is 0 Å². The van der Waals surface area contributed by atoms with Crippen molar-refractivity contribution in [2.75, 3.05) is 26.2 Å². The molecule has 1 aliphatic heterocycles. The fraction of sp³-hybridized carbons (Fsp3) is 0.917. The first kappa shape index (κ1) is 14.4. The Labute approximate surface area is 103 Å². The van der Waals surface area contributed by atoms with E-state index in [-0.39, 0.29) is 24.2 Å². The molecule has 0 aromatic carbocycles. The van der Waals surface area contributed by atoms with Gasteiger partial charge in [0.25, 0.3) is 0 Å². The van der Waals surface area contributed by atoms with Crippen molar-refractivity contribution < 1.29 is 14.3 Å². The zero-order valence-electron chi connectivity index (χ0n) is 11.0. The van der Waals surface area contributed by atoms with E-state index in [1.807, 2.05) is 25.7 Å². The van der Waals surface area contributed by atoms with Gasteiger partial charge in [0.1, 0.15) is 0 Å². The number of hydrogen-bond acceptors (Lipinski definition) is 4. The van der Waals surface area contributed by atoms with Crippen molar-refractivity contribution in [2.24, 2.45) is 5.73 Å². The number of nitrogens with zero attached hydrogens (tertiary/aromatic N) is 1. The van der Waals surface area contributed by atoms with E-state index in [4.69, 9.17) is 15.2 Å². The summed E-state index contributed by atoms with van der Waals surface area (Å²) in [5.41, 5.74) is 5.57. The van der Waals surface area contributed by atoms with Crippen molar-refractivity contribution in [3.05, 3.63) is 0 Å². The Morgan fingerprint density at radius 2 is 2.06 bits per heavy atom. The van der Waals surface area contributed by atoms with Crippen LogP contribution in [-0.2, 0) is 14.3 Å². The number of morpholine rings is 1. The van der Waals surface area contributed by atoms with Crippen molar-refractivity contribution in [1.29, 1.82) is 0 Å². The minimum absolute atomic E-state index is 0.103. The lowest BCUT2D eigenvalue weighted by Gasteiger charge is -2.36. The number of nitrogens with two attached hydrogens (primary N) is 1. The molecule has 0 spiro atoms. The molecule has 0 aromatic heterocycles. The van der Waals surface area contributed by atoms with Gasteiger partial charge in [-0.05, 0) is 20.8 Å². The maximum absolute atomic E-state index is 12.1. The molecule has 1 unspecified atom stereocenters. The SMILES string of the molecule is CCOC(CN)CC(=O)N1C[C@@H](C)O[C@@H](C)C1. The third-order valence-electron chi connectivity index (χ3n) is 2.84. The molecule has 5 nitrogen and oxygen atoms in total. The highest BCUT2D eigenvalue weighted by atomic mass is 16.5. The molecule has 2 N–H and O–H groups in total. The Hall–Kier alpha value is -0.650. The minimum Gasteiger partial charge on any atom is -0.377 e. The summed E-state index contributed by atoms with van der Waals surface area (Å²) >= 11 is 0. The van der Waals surface area contributed by atoms with E-state index in [1.165, 1.54) is 0 Å². The van der Waals surface area contributed by atoms with E-state index in [1.54, 1.807) is 0 Å². The van der Waals surface area contributed by atoms with Crippen LogP contribution in [0.3, 0.4) is 0 Å². The Kier molecular flexibility index (Phi) is 5.88. The van der Waals surface area contributed by atoms with Crippen LogP contribution in [0.2, 0.25) is 0 Å². The lowest BCUT2D eigenvalue weighted by atomic mass is 10.1. The summed E-state index contributed by atoms with van der Waals surface area (Å²) in [4.78, 5) is 13.9. The molecule has 0 aliphatic carbocycles. The van der Waals surface area contributed by atoms with E-state index in [2.05, 4.69) is 0 Å². The van der Waals surface area contributed by atoms with Gasteiger partial charge < -0.3 is 20.1 Å². The van der Waals surface area contributed by atoms with Gasteiger partial charge in [-0.15, -0.1) is 0 Å². The van der Waals surface area contributed by atoms with Gasteiger partial charge in [-0.2, -0.15) is 0 Å². The molecule has 1 rings (SSSR count). The number of rotatable bonds is 5. The van der Waals surface area contributed by atoms with Crippen molar-refractivity contribution >= 4 is 5.91 Å². The molecule has 1 amide bonds. The normalized spacial score (nSPS) is 26.9. The minimum atomic E-state index is -0.166. The van der Waals surface area contributed by atoms with Crippen LogP contribution in [0.15, 0.2) is 0 Å². The lowest BCUT2D eigenvalue weighted by Crippen LogP contribution is -2.49. The van der Waals surface area contributed by atoms with Crippen LogP contribution in [0.1, 0.15) is 27.2 Å². The van der Waals surface area contributed by atoms with Gasteiger partial charge in [0, 0.05) is 26.2 Å². The molecule has 1 heterocycles. The second-order valence-electron chi connectivity index (χ2n) is 4.57. The van der Waals surface area contributed by atoms with Gasteiger partial charge in [-0.3, -0.25) is 4.79 Å². The average Bonchev–Trinajstić information content (AvgIpc) is 2.27. The second-order valence-corrected chi connectivity index (χ2v) is 4.57. The third-order valence-corrected chi connectivity index (χ3v) is 2.84. The molecule has 1 fully saturated rings. The summed E-state index contributed by atoms with van der Waals surface area (Å²) in [7, 11) is 0. The zero-order valence-corrected chi connectivity index (χ0v) is 11.0. The van der Waals surface area contributed by atoms with Crippen LogP contribution in [0.25, 0.3) is 0 Å². The molecular weight excluding hydrogens is 220 g/mol. The number of carbonyl (C=O) groups excluding carboxylic acids is 1. The summed E-state index contributed by atoms with van der Waals surface area (Å²) in [6, 6.07) is 0. The number of hydrogen-bond donors (Lipinski definition) is 1. The highest BCUT2D eigenvalue weighted by Gasteiger charge is 2.27. The maximum atomic E-state index is 12.1. The Morgan fingerprint density at radius 1 is 1.47 bits per heavy atom. The number of amides is 1. The Balaban J connectivity index is 2.45. The summed E-state index contributed by atoms with van der Waals surface area (Å²) in [5, 5.41) is 0. The van der Waals surface area contributed by atoms with Gasteiger partial charge in [0.15, 0.2) is 0 Å². The predicted octanol–water partition coefficient (Wildman–Crippen LogP) is 0.376. The van der Waals surface area contributed by atoms with E-state index < -0.39 is 0 Å². The highest BCUT2D eigenvalue weighted by Crippen LogP contribution is 2.12. The van der Waals surface area contributed by atoms with E-state index in [9.17, 15) is 4.79 Å². The van der Waals surface area contributed by atoms with Crippen LogP contribution in [-0.4, -0.2) is 55.4 Å². The average molecular weight is 244 g/mol. The van der Waals surface area contributed by atoms with Gasteiger partial charge in [0.05, 0.1) is 24.7 Å². The van der Waals surface area contributed by atoms with Crippen LogP contribution in [0.5, 0.6) is 0 Å². The standard InChI is InChI=1S/C12H24N2O3/c1-4-16-11(6-13)5-12(15)14-7-9(2)17-10(3)8-14/h9-11H,4-8,13H2,1-3H3/t9-,10+,11?. The summed E-state index contributed by atoms with van der Waals surface area (Å²) in [6.07, 6.45) is 0.405. The van der Waals surface area contributed by atoms with Gasteiger partial charge in [-0.1, -0.05) is 0 Å². The van der Waals surface area contributed by atoms with Crippen LogP contribution in [0, 0.1) is 0 Å². The molecule has 17 heavy (non-hydrogen) atoms. The van der Waals surface area contributed by atoms with Crippen molar-refractivity contribution in [3.8, 4) is 0 Å². The summed E-state index contributed by atoms with van der Waals surface area (Å²) < 4.78 is 11.0. The summed E-state index contributed by atoms with van der Waals surface area (Å²) in [5.74, 6) is 0.107. The fourth-order valence-electron chi connectivity index (χ4n) is 2.15. The molecule has 1 aliphatic rings. The largest absolute Gasteiger partial charge is 0.377 e. The molecule has 100 valence electrons. The molecule has 0 aromatic rings. The van der Waals surface area contributed by atoms with E-state index in [0.717, 1.165) is 0 Å². The van der Waals surface area contributed by atoms with Gasteiger partial charge in [0.2, 0.25) is 5.91 Å². The second kappa shape index (κ2) is 6.93. The maximum Gasteiger partial charge on any atom is 0.225 e. The number of carbonyl (C=O) groups is 1. The van der Waals surface area contributed by atoms with Crippen molar-refractivity contribution in [1.82, 2.24) is 4.90 Å². The van der Waals surface area contributed by atoms with E-state index in [0.29, 0.717) is 32.7 Å². The molecular formula is C12H24N2O3. The third kappa shape index (κ3) is 4.61. The molecule has 5 heteroatoms. The molecule has 1 saturated heterocycles. The first-order valence-corrected chi connectivity index (χ1v) is 6.31. The molecule has 0 radical (unpaired) electrons. The lowest BCUT2D eigenvalue weighted by molar-refractivity contribution is -0.145. The molecule has 3 atom stereocenters. The Bertz CT molecular complexity index is 238. The topological polar surface area (TPSA) is 64.8 Å². The fourth-order valence-corrected chi connectivity index (χ4v) is 2.15. The van der Waals surface area contributed by atoms with Crippen molar-refractivity contribution in [3.63, 3.8) is 0 Å².